The van der Waals surface area contributed by atoms with Crippen molar-refractivity contribution >= 4 is 39.5 Å². The second-order valence-corrected chi connectivity index (χ2v) is 34.4. The summed E-state index contributed by atoms with van der Waals surface area (Å²) in [6.07, 6.45) is 68.3. The molecule has 0 bridgehead atoms. The normalized spacial score (nSPS) is 13.8. The van der Waals surface area contributed by atoms with Crippen LogP contribution in [0.2, 0.25) is 0 Å². The number of aliphatic hydroxyl groups excluding tert-OH is 1. The number of rotatable bonds is 84. The minimum atomic E-state index is -4.96. The van der Waals surface area contributed by atoms with E-state index in [2.05, 4.69) is 41.5 Å². The van der Waals surface area contributed by atoms with Gasteiger partial charge in [0.05, 0.1) is 26.4 Å². The van der Waals surface area contributed by atoms with E-state index in [0.29, 0.717) is 31.6 Å². The Kier molecular flexibility index (Phi) is 75.0. The first-order valence-electron chi connectivity index (χ1n) is 44.0. The van der Waals surface area contributed by atoms with Gasteiger partial charge in [-0.25, -0.2) is 9.13 Å². The molecule has 0 spiro atoms. The molecule has 0 heterocycles. The lowest BCUT2D eigenvalue weighted by atomic mass is 10.0. The van der Waals surface area contributed by atoms with E-state index < -0.39 is 97.5 Å². The van der Waals surface area contributed by atoms with Crippen LogP contribution >= 0.6 is 15.6 Å². The molecular formula is C85H166O17P2. The van der Waals surface area contributed by atoms with E-state index in [1.807, 2.05) is 0 Å². The summed E-state index contributed by atoms with van der Waals surface area (Å²) in [6, 6.07) is 0. The van der Waals surface area contributed by atoms with E-state index in [0.717, 1.165) is 102 Å². The quantitative estimate of drug-likeness (QED) is 0.0222. The van der Waals surface area contributed by atoms with Gasteiger partial charge < -0.3 is 33.8 Å². The van der Waals surface area contributed by atoms with Crippen LogP contribution in [0.5, 0.6) is 0 Å². The second kappa shape index (κ2) is 76.4. The number of hydrogen-bond donors (Lipinski definition) is 3. The SMILES string of the molecule is CCCCCCCCCCCCCCCCCCCCCCC(=O)O[C@H](COC(=O)CCCCCCCCCCCCCCCCCCCCC)COP(=O)(O)OC[C@@H](O)COP(=O)(O)OC[C@@H](COC(=O)CCCCCCCCC(C)C)OC(=O)CCCCCCCCCCCCCCCC(C)C. The topological polar surface area (TPSA) is 237 Å². The molecule has 104 heavy (non-hydrogen) atoms. The number of phosphoric ester groups is 2. The van der Waals surface area contributed by atoms with E-state index in [1.54, 1.807) is 0 Å². The summed E-state index contributed by atoms with van der Waals surface area (Å²) in [5, 5.41) is 10.7. The summed E-state index contributed by atoms with van der Waals surface area (Å²) in [4.78, 5) is 73.1. The van der Waals surface area contributed by atoms with Crippen LogP contribution in [0.25, 0.3) is 0 Å². The molecule has 0 radical (unpaired) electrons. The molecule has 0 aliphatic rings. The number of unbranched alkanes of at least 4 members (excludes halogenated alkanes) is 54. The van der Waals surface area contributed by atoms with Crippen molar-refractivity contribution in [2.75, 3.05) is 39.6 Å². The van der Waals surface area contributed by atoms with Gasteiger partial charge >= 0.3 is 39.5 Å². The van der Waals surface area contributed by atoms with Crippen molar-refractivity contribution in [3.63, 3.8) is 0 Å². The van der Waals surface area contributed by atoms with Crippen molar-refractivity contribution in [3.8, 4) is 0 Å². The van der Waals surface area contributed by atoms with E-state index >= 15 is 0 Å². The van der Waals surface area contributed by atoms with Crippen LogP contribution < -0.4 is 0 Å². The van der Waals surface area contributed by atoms with Gasteiger partial charge in [0, 0.05) is 25.7 Å². The predicted molar refractivity (Wildman–Crippen MR) is 428 cm³/mol. The Morgan fingerprint density at radius 1 is 0.260 bits per heavy atom. The van der Waals surface area contributed by atoms with Crippen LogP contribution in [-0.4, -0.2) is 96.7 Å². The zero-order valence-electron chi connectivity index (χ0n) is 68.3. The molecule has 0 saturated heterocycles. The van der Waals surface area contributed by atoms with Crippen molar-refractivity contribution in [1.29, 1.82) is 0 Å². The Labute approximate surface area is 638 Å². The fraction of sp³-hybridized carbons (Fsp3) is 0.953. The summed E-state index contributed by atoms with van der Waals surface area (Å²) >= 11 is 0. The number of esters is 4. The summed E-state index contributed by atoms with van der Waals surface area (Å²) in [5.74, 6) is -0.641. The van der Waals surface area contributed by atoms with Crippen molar-refractivity contribution in [3.05, 3.63) is 0 Å². The van der Waals surface area contributed by atoms with Crippen molar-refractivity contribution in [1.82, 2.24) is 0 Å². The molecule has 618 valence electrons. The smallest absolute Gasteiger partial charge is 0.462 e. The molecule has 0 aromatic heterocycles. The fourth-order valence-electron chi connectivity index (χ4n) is 13.2. The maximum absolute atomic E-state index is 13.1. The van der Waals surface area contributed by atoms with Crippen LogP contribution in [0.3, 0.4) is 0 Å². The first kappa shape index (κ1) is 102. The molecular weight excluding hydrogens is 1350 g/mol. The summed E-state index contributed by atoms with van der Waals surface area (Å²) < 4.78 is 68.8. The Balaban J connectivity index is 5.21. The van der Waals surface area contributed by atoms with Gasteiger partial charge in [0.25, 0.3) is 0 Å². The molecule has 0 aromatic rings. The number of ether oxygens (including phenoxy) is 4. The molecule has 17 nitrogen and oxygen atoms in total. The van der Waals surface area contributed by atoms with E-state index in [9.17, 15) is 43.2 Å². The molecule has 0 aromatic carbocycles. The Bertz CT molecular complexity index is 1990. The van der Waals surface area contributed by atoms with Crippen LogP contribution in [-0.2, 0) is 65.4 Å². The molecule has 0 aliphatic heterocycles. The summed E-state index contributed by atoms with van der Waals surface area (Å²) in [5.41, 5.74) is 0. The summed E-state index contributed by atoms with van der Waals surface area (Å²) in [6.45, 7) is 9.59. The molecule has 0 saturated carbocycles. The number of carbonyl (C=O) groups excluding carboxylic acids is 4. The molecule has 0 aliphatic carbocycles. The largest absolute Gasteiger partial charge is 0.472 e. The average Bonchev–Trinajstić information content (AvgIpc) is 0.904. The maximum atomic E-state index is 13.1. The van der Waals surface area contributed by atoms with Gasteiger partial charge in [0.15, 0.2) is 12.2 Å². The van der Waals surface area contributed by atoms with E-state index in [-0.39, 0.29) is 25.7 Å². The summed E-state index contributed by atoms with van der Waals surface area (Å²) in [7, 11) is -9.92. The van der Waals surface area contributed by atoms with Gasteiger partial charge in [-0.3, -0.25) is 37.3 Å². The molecule has 5 atom stereocenters. The highest BCUT2D eigenvalue weighted by Gasteiger charge is 2.30. The lowest BCUT2D eigenvalue weighted by Gasteiger charge is -2.21. The second-order valence-electron chi connectivity index (χ2n) is 31.5. The van der Waals surface area contributed by atoms with E-state index in [4.69, 9.17) is 37.0 Å². The zero-order chi connectivity index (χ0) is 76.4. The van der Waals surface area contributed by atoms with Gasteiger partial charge in [-0.1, -0.05) is 401 Å². The van der Waals surface area contributed by atoms with Crippen LogP contribution in [0.1, 0.15) is 452 Å². The number of hydrogen-bond acceptors (Lipinski definition) is 15. The standard InChI is InChI=1S/C85H166O17P2/c1-7-9-11-13-15-17-19-21-23-25-27-29-31-33-37-41-45-49-57-63-69-84(89)101-80(73-95-82(87)67-61-55-48-44-40-36-32-30-28-26-24-22-20-18-16-14-12-10-8-2)75-99-103(91,92)97-71-79(86)72-98-104(93,94)100-76-81(74-96-83(88)68-62-56-52-51-54-60-66-78(5)6)102-85(90)70-64-58-50-46-42-38-34-35-39-43-47-53-59-65-77(3)4/h77-81,86H,7-76H2,1-6H3,(H,91,92)(H,93,94)/t79-,80-,81-/m1/s1. The molecule has 0 fully saturated rings. The minimum absolute atomic E-state index is 0.106. The number of phosphoric acid groups is 2. The molecule has 2 unspecified atom stereocenters. The first-order valence-corrected chi connectivity index (χ1v) is 47.0. The van der Waals surface area contributed by atoms with Gasteiger partial charge in [-0.2, -0.15) is 0 Å². The van der Waals surface area contributed by atoms with Crippen molar-refractivity contribution in [2.24, 2.45) is 11.8 Å². The third kappa shape index (κ3) is 78.2. The molecule has 3 N–H and O–H groups in total. The van der Waals surface area contributed by atoms with Crippen molar-refractivity contribution < 1.29 is 80.2 Å². The highest BCUT2D eigenvalue weighted by atomic mass is 31.2. The Morgan fingerprint density at radius 2 is 0.442 bits per heavy atom. The van der Waals surface area contributed by atoms with Crippen LogP contribution in [0.4, 0.5) is 0 Å². The average molecular weight is 1520 g/mol. The Hall–Kier alpha value is -1.94. The third-order valence-corrected chi connectivity index (χ3v) is 21.9. The predicted octanol–water partition coefficient (Wildman–Crippen LogP) is 25.8. The lowest BCUT2D eigenvalue weighted by molar-refractivity contribution is -0.161. The fourth-order valence-corrected chi connectivity index (χ4v) is 14.8. The molecule has 0 amide bonds. The minimum Gasteiger partial charge on any atom is -0.462 e. The first-order chi connectivity index (χ1) is 50.4. The number of aliphatic hydroxyl groups is 1. The Morgan fingerprint density at radius 3 is 0.654 bits per heavy atom. The molecule has 19 heteroatoms. The highest BCUT2D eigenvalue weighted by Crippen LogP contribution is 2.45. The molecule has 0 rings (SSSR count). The lowest BCUT2D eigenvalue weighted by Crippen LogP contribution is -2.30. The van der Waals surface area contributed by atoms with Crippen LogP contribution in [0.15, 0.2) is 0 Å². The maximum Gasteiger partial charge on any atom is 0.472 e. The van der Waals surface area contributed by atoms with Gasteiger partial charge in [-0.05, 0) is 37.5 Å². The van der Waals surface area contributed by atoms with Gasteiger partial charge in [0.1, 0.15) is 19.3 Å². The zero-order valence-corrected chi connectivity index (χ0v) is 70.1. The monoisotopic (exact) mass is 1520 g/mol. The highest BCUT2D eigenvalue weighted by molar-refractivity contribution is 7.47. The number of carbonyl (C=O) groups is 4. The van der Waals surface area contributed by atoms with Gasteiger partial charge in [-0.15, -0.1) is 0 Å². The van der Waals surface area contributed by atoms with E-state index in [1.165, 1.54) is 263 Å². The van der Waals surface area contributed by atoms with Crippen LogP contribution in [0, 0.1) is 11.8 Å². The van der Waals surface area contributed by atoms with Crippen molar-refractivity contribution in [2.45, 2.75) is 471 Å². The van der Waals surface area contributed by atoms with Gasteiger partial charge in [0.2, 0.25) is 0 Å². The third-order valence-electron chi connectivity index (χ3n) is 20.0.